The van der Waals surface area contributed by atoms with Gasteiger partial charge in [0, 0.05) is 0 Å². The first kappa shape index (κ1) is 29.3. The second kappa shape index (κ2) is 16.0. The Kier molecular flexibility index (Phi) is 15.1. The molecule has 0 aromatic heterocycles. The SMILES string of the molecule is CCCCCCCCc1ccc2c(S(=O)(=O)[O-])cc(CCCCCCCC)cc2c1.[K+]. The van der Waals surface area contributed by atoms with E-state index in [2.05, 4.69) is 26.0 Å². The van der Waals surface area contributed by atoms with Gasteiger partial charge in [-0.1, -0.05) is 102 Å². The van der Waals surface area contributed by atoms with Gasteiger partial charge >= 0.3 is 51.4 Å². The zero-order valence-electron chi connectivity index (χ0n) is 19.9. The van der Waals surface area contributed by atoms with E-state index in [1.54, 1.807) is 6.07 Å². The molecule has 0 fully saturated rings. The van der Waals surface area contributed by atoms with Gasteiger partial charge in [-0.25, -0.2) is 8.42 Å². The Hall–Kier alpha value is 0.246. The van der Waals surface area contributed by atoms with Crippen LogP contribution in [0.3, 0.4) is 0 Å². The van der Waals surface area contributed by atoms with Crippen LogP contribution in [0.15, 0.2) is 35.2 Å². The molecule has 0 aliphatic carbocycles. The molecular formula is C26H39KO3S. The summed E-state index contributed by atoms with van der Waals surface area (Å²) in [5, 5.41) is 1.44. The number of rotatable bonds is 15. The topological polar surface area (TPSA) is 57.2 Å². The predicted molar refractivity (Wildman–Crippen MR) is 126 cm³/mol. The standard InChI is InChI=1S/C26H40O3S.K/c1-3-5-7-9-11-13-15-22-17-18-25-24(19-22)20-23(21-26(25)30(27,28)29)16-14-12-10-8-6-4-2;/h17-21H,3-16H2,1-2H3,(H,27,28,29);/q;+1/p-1. The second-order valence-corrected chi connectivity index (χ2v) is 9.99. The van der Waals surface area contributed by atoms with E-state index in [1.165, 1.54) is 63.4 Å². The zero-order chi connectivity index (χ0) is 21.8. The Morgan fingerprint density at radius 3 is 1.71 bits per heavy atom. The van der Waals surface area contributed by atoms with Crippen LogP contribution in [0.4, 0.5) is 0 Å². The van der Waals surface area contributed by atoms with E-state index in [-0.39, 0.29) is 56.3 Å². The van der Waals surface area contributed by atoms with Crippen molar-refractivity contribution in [1.82, 2.24) is 0 Å². The summed E-state index contributed by atoms with van der Waals surface area (Å²) in [5.41, 5.74) is 2.19. The molecule has 3 nitrogen and oxygen atoms in total. The van der Waals surface area contributed by atoms with E-state index in [0.717, 1.165) is 43.1 Å². The van der Waals surface area contributed by atoms with Crippen molar-refractivity contribution in [2.75, 3.05) is 0 Å². The van der Waals surface area contributed by atoms with Crippen molar-refractivity contribution < 1.29 is 64.4 Å². The fourth-order valence-corrected chi connectivity index (χ4v) is 4.92. The van der Waals surface area contributed by atoms with E-state index in [0.29, 0.717) is 5.39 Å². The molecule has 0 saturated carbocycles. The molecule has 2 rings (SSSR count). The quantitative estimate of drug-likeness (QED) is 0.218. The maximum atomic E-state index is 11.9. The number of aryl methyl sites for hydroxylation is 2. The molecule has 0 saturated heterocycles. The van der Waals surface area contributed by atoms with E-state index in [1.807, 2.05) is 12.1 Å². The Bertz CT molecular complexity index is 872. The molecule has 31 heavy (non-hydrogen) atoms. The van der Waals surface area contributed by atoms with Gasteiger partial charge in [0.05, 0.1) is 4.90 Å². The second-order valence-electron chi connectivity index (χ2n) is 8.64. The number of unbranched alkanes of at least 4 members (excludes halogenated alkanes) is 10. The van der Waals surface area contributed by atoms with E-state index >= 15 is 0 Å². The molecule has 2 aromatic carbocycles. The van der Waals surface area contributed by atoms with Crippen molar-refractivity contribution in [2.24, 2.45) is 0 Å². The maximum Gasteiger partial charge on any atom is 1.00 e. The Labute approximate surface area is 233 Å². The van der Waals surface area contributed by atoms with Gasteiger partial charge in [-0.2, -0.15) is 0 Å². The van der Waals surface area contributed by atoms with Crippen molar-refractivity contribution in [3.8, 4) is 0 Å². The number of benzene rings is 2. The largest absolute Gasteiger partial charge is 1.00 e. The molecular weight excluding hydrogens is 431 g/mol. The Morgan fingerprint density at radius 1 is 0.677 bits per heavy atom. The minimum absolute atomic E-state index is 0. The molecule has 0 aliphatic rings. The van der Waals surface area contributed by atoms with Gasteiger partial charge in [-0.05, 0) is 53.6 Å². The number of hydrogen-bond donors (Lipinski definition) is 0. The summed E-state index contributed by atoms with van der Waals surface area (Å²) in [4.78, 5) is -0.0629. The minimum Gasteiger partial charge on any atom is -0.744 e. The summed E-state index contributed by atoms with van der Waals surface area (Å²) in [7, 11) is -4.49. The van der Waals surface area contributed by atoms with Gasteiger partial charge in [0.2, 0.25) is 0 Å². The van der Waals surface area contributed by atoms with Crippen LogP contribution in [-0.2, 0) is 23.0 Å². The zero-order valence-corrected chi connectivity index (χ0v) is 23.9. The van der Waals surface area contributed by atoms with Crippen LogP contribution < -0.4 is 51.4 Å². The van der Waals surface area contributed by atoms with E-state index in [4.69, 9.17) is 0 Å². The molecule has 0 heterocycles. The number of fused-ring (bicyclic) bond motifs is 1. The van der Waals surface area contributed by atoms with Gasteiger partial charge in [0.15, 0.2) is 0 Å². The molecule has 0 unspecified atom stereocenters. The van der Waals surface area contributed by atoms with Crippen LogP contribution in [0.25, 0.3) is 10.8 Å². The third-order valence-electron chi connectivity index (χ3n) is 5.95. The first-order chi connectivity index (χ1) is 14.5. The van der Waals surface area contributed by atoms with E-state index in [9.17, 15) is 13.0 Å². The van der Waals surface area contributed by atoms with Crippen molar-refractivity contribution in [2.45, 2.75) is 109 Å². The Balaban J connectivity index is 0.00000480. The maximum absolute atomic E-state index is 11.9. The van der Waals surface area contributed by atoms with Crippen LogP contribution >= 0.6 is 0 Å². The third kappa shape index (κ3) is 10.8. The van der Waals surface area contributed by atoms with Gasteiger partial charge in [0.1, 0.15) is 10.1 Å². The molecule has 0 radical (unpaired) electrons. The molecule has 0 amide bonds. The first-order valence-corrected chi connectivity index (χ1v) is 13.4. The van der Waals surface area contributed by atoms with Crippen molar-refractivity contribution in [3.63, 3.8) is 0 Å². The fourth-order valence-electron chi connectivity index (χ4n) is 4.17. The van der Waals surface area contributed by atoms with E-state index < -0.39 is 10.1 Å². The average molecular weight is 471 g/mol. The fraction of sp³-hybridized carbons (Fsp3) is 0.615. The summed E-state index contributed by atoms with van der Waals surface area (Å²) in [6.45, 7) is 4.44. The van der Waals surface area contributed by atoms with Gasteiger partial charge < -0.3 is 4.55 Å². The summed E-state index contributed by atoms with van der Waals surface area (Å²) >= 11 is 0. The molecule has 0 aliphatic heterocycles. The molecule has 0 spiro atoms. The molecule has 2 aromatic rings. The number of hydrogen-bond acceptors (Lipinski definition) is 3. The smallest absolute Gasteiger partial charge is 0.744 e. The summed E-state index contributed by atoms with van der Waals surface area (Å²) in [5.74, 6) is 0. The molecule has 0 bridgehead atoms. The van der Waals surface area contributed by atoms with Crippen LogP contribution in [0.1, 0.15) is 102 Å². The third-order valence-corrected chi connectivity index (χ3v) is 6.82. The predicted octanol–water partition coefficient (Wildman–Crippen LogP) is 4.55. The van der Waals surface area contributed by atoms with Crippen LogP contribution in [-0.4, -0.2) is 13.0 Å². The summed E-state index contributed by atoms with van der Waals surface area (Å²) in [6, 6.07) is 9.57. The van der Waals surface area contributed by atoms with Crippen molar-refractivity contribution in [1.29, 1.82) is 0 Å². The van der Waals surface area contributed by atoms with Crippen molar-refractivity contribution in [3.05, 3.63) is 41.5 Å². The Morgan fingerprint density at radius 2 is 1.16 bits per heavy atom. The average Bonchev–Trinajstić information content (AvgIpc) is 2.71. The molecule has 168 valence electrons. The van der Waals surface area contributed by atoms with Crippen LogP contribution in [0.2, 0.25) is 0 Å². The monoisotopic (exact) mass is 470 g/mol. The first-order valence-electron chi connectivity index (χ1n) is 12.0. The molecule has 0 N–H and O–H groups in total. The molecule has 0 atom stereocenters. The van der Waals surface area contributed by atoms with Crippen LogP contribution in [0.5, 0.6) is 0 Å². The summed E-state index contributed by atoms with van der Waals surface area (Å²) in [6.07, 6.45) is 16.5. The molecule has 5 heteroatoms. The summed E-state index contributed by atoms with van der Waals surface area (Å²) < 4.78 is 35.6. The van der Waals surface area contributed by atoms with Gasteiger partial charge in [0.25, 0.3) is 0 Å². The van der Waals surface area contributed by atoms with Crippen LogP contribution in [0, 0.1) is 0 Å². The minimum atomic E-state index is -4.49. The van der Waals surface area contributed by atoms with Gasteiger partial charge in [-0.15, -0.1) is 0 Å². The normalized spacial score (nSPS) is 11.6. The van der Waals surface area contributed by atoms with Crippen molar-refractivity contribution >= 4 is 20.9 Å². The van der Waals surface area contributed by atoms with Gasteiger partial charge in [-0.3, -0.25) is 0 Å².